The molecule has 0 aromatic rings. The standard InChI is InChI=1S/C16H26N2O3/c1-12(15(20)16(21)17-9-13-7-8-13)18(11-19)10-14-5-3-2-4-6-14/h11-14H,2-10H2,1H3,(H,17,21). The monoisotopic (exact) mass is 294 g/mol. The summed E-state index contributed by atoms with van der Waals surface area (Å²) in [5.74, 6) is -0.0429. The van der Waals surface area contributed by atoms with Gasteiger partial charge in [-0.25, -0.2) is 0 Å². The smallest absolute Gasteiger partial charge is 0.289 e. The van der Waals surface area contributed by atoms with Crippen LogP contribution in [0.25, 0.3) is 0 Å². The van der Waals surface area contributed by atoms with E-state index >= 15 is 0 Å². The summed E-state index contributed by atoms with van der Waals surface area (Å²) < 4.78 is 0. The van der Waals surface area contributed by atoms with Crippen LogP contribution < -0.4 is 5.32 Å². The molecule has 2 aliphatic rings. The average molecular weight is 294 g/mol. The van der Waals surface area contributed by atoms with Gasteiger partial charge >= 0.3 is 0 Å². The average Bonchev–Trinajstić information content (AvgIpc) is 3.34. The number of nitrogens with zero attached hydrogens (tertiary/aromatic N) is 1. The van der Waals surface area contributed by atoms with E-state index in [1.807, 2.05) is 0 Å². The van der Waals surface area contributed by atoms with E-state index in [2.05, 4.69) is 5.32 Å². The van der Waals surface area contributed by atoms with E-state index in [4.69, 9.17) is 0 Å². The van der Waals surface area contributed by atoms with Crippen molar-refractivity contribution in [2.24, 2.45) is 11.8 Å². The predicted octanol–water partition coefficient (Wildman–Crippen LogP) is 1.51. The number of carbonyl (C=O) groups excluding carboxylic acids is 3. The number of rotatable bonds is 8. The molecule has 2 aliphatic carbocycles. The Morgan fingerprint density at radius 3 is 2.38 bits per heavy atom. The van der Waals surface area contributed by atoms with Gasteiger partial charge in [0.1, 0.15) is 0 Å². The van der Waals surface area contributed by atoms with Gasteiger partial charge in [-0.15, -0.1) is 0 Å². The molecule has 0 aromatic carbocycles. The molecule has 2 fully saturated rings. The van der Waals surface area contributed by atoms with E-state index < -0.39 is 17.7 Å². The zero-order valence-electron chi connectivity index (χ0n) is 12.8. The maximum absolute atomic E-state index is 12.1. The number of Topliss-reactive ketones (excluding diaryl/α,β-unsaturated/α-hetero) is 1. The summed E-state index contributed by atoms with van der Waals surface area (Å²) in [4.78, 5) is 36.7. The van der Waals surface area contributed by atoms with Crippen molar-refractivity contribution in [1.82, 2.24) is 10.2 Å². The predicted molar refractivity (Wildman–Crippen MR) is 79.5 cm³/mol. The number of carbonyl (C=O) groups is 3. The molecule has 21 heavy (non-hydrogen) atoms. The number of ketones is 1. The Labute approximate surface area is 126 Å². The summed E-state index contributed by atoms with van der Waals surface area (Å²) in [5.41, 5.74) is 0. The SMILES string of the molecule is CC(C(=O)C(=O)NCC1CC1)N(C=O)CC1CCCCC1. The summed E-state index contributed by atoms with van der Waals surface area (Å²) >= 11 is 0. The third-order valence-corrected chi connectivity index (χ3v) is 4.68. The molecule has 2 rings (SSSR count). The molecule has 118 valence electrons. The molecule has 0 radical (unpaired) electrons. The van der Waals surface area contributed by atoms with Crippen LogP contribution in [0.1, 0.15) is 51.9 Å². The largest absolute Gasteiger partial charge is 0.349 e. The van der Waals surface area contributed by atoms with Crippen molar-refractivity contribution in [3.05, 3.63) is 0 Å². The molecule has 0 spiro atoms. The fraction of sp³-hybridized carbons (Fsp3) is 0.812. The van der Waals surface area contributed by atoms with Crippen molar-refractivity contribution in [3.63, 3.8) is 0 Å². The van der Waals surface area contributed by atoms with Crippen molar-refractivity contribution >= 4 is 18.1 Å². The van der Waals surface area contributed by atoms with Gasteiger partial charge in [-0.2, -0.15) is 0 Å². The zero-order valence-corrected chi connectivity index (χ0v) is 12.8. The molecule has 0 aliphatic heterocycles. The van der Waals surface area contributed by atoms with Crippen molar-refractivity contribution < 1.29 is 14.4 Å². The highest BCUT2D eigenvalue weighted by Gasteiger charge is 2.29. The molecule has 1 atom stereocenters. The quantitative estimate of drug-likeness (QED) is 0.545. The molecule has 0 aromatic heterocycles. The Kier molecular flexibility index (Phi) is 5.76. The normalized spacial score (nSPS) is 20.6. The second kappa shape index (κ2) is 7.57. The lowest BCUT2D eigenvalue weighted by atomic mass is 9.88. The zero-order chi connectivity index (χ0) is 15.2. The van der Waals surface area contributed by atoms with E-state index in [0.717, 1.165) is 25.7 Å². The number of hydrogen-bond acceptors (Lipinski definition) is 3. The first kappa shape index (κ1) is 16.0. The van der Waals surface area contributed by atoms with Gasteiger partial charge < -0.3 is 10.2 Å². The van der Waals surface area contributed by atoms with Crippen molar-refractivity contribution in [1.29, 1.82) is 0 Å². The molecule has 5 heteroatoms. The lowest BCUT2D eigenvalue weighted by Crippen LogP contribution is -2.47. The Hall–Kier alpha value is -1.39. The van der Waals surface area contributed by atoms with Crippen LogP contribution in [-0.4, -0.2) is 42.1 Å². The highest BCUT2D eigenvalue weighted by Crippen LogP contribution is 2.27. The topological polar surface area (TPSA) is 66.5 Å². The highest BCUT2D eigenvalue weighted by atomic mass is 16.2. The van der Waals surface area contributed by atoms with Crippen LogP contribution in [0.3, 0.4) is 0 Å². The van der Waals surface area contributed by atoms with Gasteiger partial charge in [0, 0.05) is 13.1 Å². The molecule has 2 amide bonds. The fourth-order valence-corrected chi connectivity index (χ4v) is 2.95. The Bertz CT molecular complexity index is 387. The van der Waals surface area contributed by atoms with Crippen LogP contribution in [-0.2, 0) is 14.4 Å². The van der Waals surface area contributed by atoms with E-state index in [-0.39, 0.29) is 0 Å². The van der Waals surface area contributed by atoms with E-state index in [1.54, 1.807) is 6.92 Å². The van der Waals surface area contributed by atoms with E-state index in [0.29, 0.717) is 31.3 Å². The van der Waals surface area contributed by atoms with Crippen LogP contribution in [0.15, 0.2) is 0 Å². The van der Waals surface area contributed by atoms with Gasteiger partial charge in [-0.05, 0) is 44.4 Å². The van der Waals surface area contributed by atoms with Crippen LogP contribution in [0.2, 0.25) is 0 Å². The van der Waals surface area contributed by atoms with Crippen LogP contribution in [0, 0.1) is 11.8 Å². The first-order valence-corrected chi connectivity index (χ1v) is 8.15. The van der Waals surface area contributed by atoms with Crippen LogP contribution in [0.5, 0.6) is 0 Å². The molecular weight excluding hydrogens is 268 g/mol. The molecular formula is C16H26N2O3. The third kappa shape index (κ3) is 4.83. The van der Waals surface area contributed by atoms with Gasteiger partial charge in [-0.1, -0.05) is 19.3 Å². The number of nitrogens with one attached hydrogen (secondary N) is 1. The second-order valence-electron chi connectivity index (χ2n) is 6.50. The maximum atomic E-state index is 12.1. The lowest BCUT2D eigenvalue weighted by molar-refractivity contribution is -0.142. The summed E-state index contributed by atoms with van der Waals surface area (Å²) in [5, 5.41) is 2.68. The Morgan fingerprint density at radius 2 is 1.81 bits per heavy atom. The Morgan fingerprint density at radius 1 is 1.14 bits per heavy atom. The second-order valence-corrected chi connectivity index (χ2v) is 6.50. The van der Waals surface area contributed by atoms with Crippen molar-refractivity contribution in [3.8, 4) is 0 Å². The van der Waals surface area contributed by atoms with E-state index in [9.17, 15) is 14.4 Å². The summed E-state index contributed by atoms with van der Waals surface area (Å²) in [6.45, 7) is 2.82. The van der Waals surface area contributed by atoms with Gasteiger partial charge in [0.2, 0.25) is 12.2 Å². The maximum Gasteiger partial charge on any atom is 0.289 e. The number of hydrogen-bond donors (Lipinski definition) is 1. The minimum Gasteiger partial charge on any atom is -0.349 e. The molecule has 1 N–H and O–H groups in total. The van der Waals surface area contributed by atoms with Gasteiger partial charge in [0.05, 0.1) is 6.04 Å². The fourth-order valence-electron chi connectivity index (χ4n) is 2.95. The summed E-state index contributed by atoms with van der Waals surface area (Å²) in [6, 6.07) is -0.663. The van der Waals surface area contributed by atoms with Crippen molar-refractivity contribution in [2.45, 2.75) is 57.9 Å². The van der Waals surface area contributed by atoms with Crippen molar-refractivity contribution in [2.75, 3.05) is 13.1 Å². The van der Waals surface area contributed by atoms with E-state index in [1.165, 1.54) is 24.2 Å². The molecule has 5 nitrogen and oxygen atoms in total. The van der Waals surface area contributed by atoms with Crippen LogP contribution >= 0.6 is 0 Å². The van der Waals surface area contributed by atoms with Crippen LogP contribution in [0.4, 0.5) is 0 Å². The molecule has 0 bridgehead atoms. The van der Waals surface area contributed by atoms with Gasteiger partial charge in [0.15, 0.2) is 0 Å². The first-order valence-electron chi connectivity index (χ1n) is 8.15. The minimum atomic E-state index is -0.663. The molecule has 2 saturated carbocycles. The highest BCUT2D eigenvalue weighted by molar-refractivity contribution is 6.38. The van der Waals surface area contributed by atoms with Gasteiger partial charge in [-0.3, -0.25) is 14.4 Å². The Balaban J connectivity index is 1.81. The molecule has 1 unspecified atom stereocenters. The van der Waals surface area contributed by atoms with Gasteiger partial charge in [0.25, 0.3) is 5.91 Å². The number of amides is 2. The first-order chi connectivity index (χ1) is 10.1. The summed E-state index contributed by atoms with van der Waals surface area (Å²) in [6.07, 6.45) is 8.85. The third-order valence-electron chi connectivity index (χ3n) is 4.68. The minimum absolute atomic E-state index is 0.466. The summed E-state index contributed by atoms with van der Waals surface area (Å²) in [7, 11) is 0. The molecule has 0 saturated heterocycles. The molecule has 0 heterocycles. The lowest BCUT2D eigenvalue weighted by Gasteiger charge is -2.30.